The Morgan fingerprint density at radius 3 is 1.27 bits per heavy atom. The van der Waals surface area contributed by atoms with Crippen molar-refractivity contribution in [1.82, 2.24) is 0 Å². The topological polar surface area (TPSA) is 0 Å². The normalized spacial score (nSPS) is 9.47. The van der Waals surface area contributed by atoms with Gasteiger partial charge in [0.2, 0.25) is 0 Å². The molecule has 0 aliphatic carbocycles. The van der Waals surface area contributed by atoms with Crippen molar-refractivity contribution in [3.63, 3.8) is 0 Å². The molecule has 0 saturated carbocycles. The van der Waals surface area contributed by atoms with Crippen LogP contribution in [0.25, 0.3) is 21.5 Å². The van der Waals surface area contributed by atoms with Crippen LogP contribution in [0, 0.1) is 28.7 Å². The van der Waals surface area contributed by atoms with Gasteiger partial charge < -0.3 is 14.9 Å². The van der Waals surface area contributed by atoms with Crippen molar-refractivity contribution in [2.75, 3.05) is 0 Å². The fourth-order valence-corrected chi connectivity index (χ4v) is 3.92. The first-order valence-corrected chi connectivity index (χ1v) is 9.93. The quantitative estimate of drug-likeness (QED) is 0.169. The SMILES string of the molecule is CCCc1[cH-]c2ccccc2c1C.CCCc1[cH-]c2ccccc2c1C.[CH3-].[CH3-].[Hf+4].[Si]. The third kappa shape index (κ3) is 6.89. The Bertz CT molecular complexity index is 908. The second-order valence-corrected chi connectivity index (χ2v) is 7.26. The van der Waals surface area contributed by atoms with Crippen LogP contribution < -0.4 is 0 Å². The van der Waals surface area contributed by atoms with Crippen LogP contribution in [-0.4, -0.2) is 11.0 Å². The first-order chi connectivity index (χ1) is 12.7. The summed E-state index contributed by atoms with van der Waals surface area (Å²) >= 11 is 0. The van der Waals surface area contributed by atoms with E-state index >= 15 is 0 Å². The minimum Gasteiger partial charge on any atom is -0.358 e. The smallest absolute Gasteiger partial charge is 0.358 e. The fourth-order valence-electron chi connectivity index (χ4n) is 3.92. The van der Waals surface area contributed by atoms with Gasteiger partial charge in [0, 0.05) is 11.0 Å². The summed E-state index contributed by atoms with van der Waals surface area (Å²) in [6.07, 6.45) is 4.88. The minimum absolute atomic E-state index is 0. The van der Waals surface area contributed by atoms with Gasteiger partial charge in [-0.25, -0.2) is 0 Å². The van der Waals surface area contributed by atoms with Crippen LogP contribution in [0.2, 0.25) is 0 Å². The molecule has 2 heteroatoms. The molecule has 0 saturated heterocycles. The molecular formula is C28H36HfSi. The van der Waals surface area contributed by atoms with Gasteiger partial charge in [0.05, 0.1) is 0 Å². The number of hydrogen-bond donors (Lipinski definition) is 0. The van der Waals surface area contributed by atoms with Gasteiger partial charge in [0.15, 0.2) is 0 Å². The molecule has 4 rings (SSSR count). The molecule has 0 aliphatic heterocycles. The van der Waals surface area contributed by atoms with Crippen molar-refractivity contribution in [2.24, 2.45) is 0 Å². The van der Waals surface area contributed by atoms with Crippen LogP contribution in [0.3, 0.4) is 0 Å². The summed E-state index contributed by atoms with van der Waals surface area (Å²) < 4.78 is 0. The van der Waals surface area contributed by atoms with E-state index in [1.807, 2.05) is 0 Å². The standard InChI is InChI=1S/2C13H15.2CH3.Hf.Si/c2*1-3-6-11-9-12-7-4-5-8-13(12)10(11)2;;;;/h2*4-5,7-9H,3,6H2,1-2H3;2*1H3;;/q4*-1;+4;. The first kappa shape index (κ1) is 30.9. The molecule has 4 aromatic rings. The second-order valence-electron chi connectivity index (χ2n) is 7.26. The van der Waals surface area contributed by atoms with Gasteiger partial charge in [-0.3, -0.25) is 0 Å². The van der Waals surface area contributed by atoms with E-state index in [1.54, 1.807) is 0 Å². The van der Waals surface area contributed by atoms with Gasteiger partial charge in [0.25, 0.3) is 0 Å². The van der Waals surface area contributed by atoms with Crippen molar-refractivity contribution in [3.8, 4) is 0 Å². The van der Waals surface area contributed by atoms with Crippen LogP contribution >= 0.6 is 0 Å². The summed E-state index contributed by atoms with van der Waals surface area (Å²) in [5.41, 5.74) is 5.97. The molecule has 4 aromatic carbocycles. The Morgan fingerprint density at radius 2 is 0.967 bits per heavy atom. The summed E-state index contributed by atoms with van der Waals surface area (Å²) in [6.45, 7) is 8.93. The molecule has 156 valence electrons. The molecule has 30 heavy (non-hydrogen) atoms. The Morgan fingerprint density at radius 1 is 0.633 bits per heavy atom. The van der Waals surface area contributed by atoms with Crippen molar-refractivity contribution in [1.29, 1.82) is 0 Å². The molecule has 0 atom stereocenters. The van der Waals surface area contributed by atoms with Crippen LogP contribution in [0.1, 0.15) is 48.9 Å². The molecule has 0 heterocycles. The van der Waals surface area contributed by atoms with Gasteiger partial charge >= 0.3 is 25.8 Å². The van der Waals surface area contributed by atoms with Crippen LogP contribution in [0.15, 0.2) is 60.7 Å². The van der Waals surface area contributed by atoms with E-state index in [0.717, 1.165) is 0 Å². The predicted octanol–water partition coefficient (Wildman–Crippen LogP) is 8.16. The molecule has 0 spiro atoms. The summed E-state index contributed by atoms with van der Waals surface area (Å²) in [6, 6.07) is 21.9. The number of aryl methyl sites for hydroxylation is 4. The molecule has 0 N–H and O–H groups in total. The third-order valence-corrected chi connectivity index (χ3v) is 5.39. The van der Waals surface area contributed by atoms with E-state index in [-0.39, 0.29) is 51.7 Å². The zero-order chi connectivity index (χ0) is 18.5. The Kier molecular flexibility index (Phi) is 15.2. The van der Waals surface area contributed by atoms with Crippen molar-refractivity contribution in [2.45, 2.75) is 53.4 Å². The molecule has 0 aliphatic rings. The molecule has 4 radical (unpaired) electrons. The Hall–Kier alpha value is -1.25. The number of benzene rings is 2. The fraction of sp³-hybridized carbons (Fsp3) is 0.286. The number of hydrogen-bond acceptors (Lipinski definition) is 0. The largest absolute Gasteiger partial charge is 4.00 e. The summed E-state index contributed by atoms with van der Waals surface area (Å²) in [7, 11) is 0. The second kappa shape index (κ2) is 14.7. The minimum atomic E-state index is 0. The van der Waals surface area contributed by atoms with E-state index in [1.165, 1.54) is 69.5 Å². The van der Waals surface area contributed by atoms with E-state index in [2.05, 4.69) is 88.4 Å². The van der Waals surface area contributed by atoms with Gasteiger partial charge in [0.1, 0.15) is 0 Å². The van der Waals surface area contributed by atoms with Crippen LogP contribution in [0.5, 0.6) is 0 Å². The number of rotatable bonds is 4. The zero-order valence-corrected chi connectivity index (χ0v) is 24.2. The third-order valence-electron chi connectivity index (χ3n) is 5.39. The van der Waals surface area contributed by atoms with Crippen LogP contribution in [0.4, 0.5) is 0 Å². The van der Waals surface area contributed by atoms with Crippen molar-refractivity contribution < 1.29 is 25.8 Å². The molecule has 0 bridgehead atoms. The zero-order valence-electron chi connectivity index (χ0n) is 19.6. The monoisotopic (exact) mass is 580 g/mol. The van der Waals surface area contributed by atoms with Gasteiger partial charge in [-0.15, -0.1) is 81.2 Å². The molecular weight excluding hydrogens is 543 g/mol. The van der Waals surface area contributed by atoms with E-state index in [4.69, 9.17) is 0 Å². The number of fused-ring (bicyclic) bond motifs is 2. The Balaban J connectivity index is 0. The van der Waals surface area contributed by atoms with Crippen molar-refractivity contribution in [3.05, 3.63) is 97.8 Å². The molecule has 0 amide bonds. The summed E-state index contributed by atoms with van der Waals surface area (Å²) in [5, 5.41) is 5.63. The molecule has 0 nitrogen and oxygen atoms in total. The van der Waals surface area contributed by atoms with Crippen LogP contribution in [-0.2, 0) is 38.7 Å². The summed E-state index contributed by atoms with van der Waals surface area (Å²) in [5.74, 6) is 0. The Labute approximate surface area is 208 Å². The van der Waals surface area contributed by atoms with Crippen molar-refractivity contribution >= 4 is 32.5 Å². The molecule has 0 fully saturated rings. The average Bonchev–Trinajstić information content (AvgIpc) is 3.15. The maximum Gasteiger partial charge on any atom is 4.00 e. The van der Waals surface area contributed by atoms with Gasteiger partial charge in [-0.1, -0.05) is 52.7 Å². The summed E-state index contributed by atoms with van der Waals surface area (Å²) in [4.78, 5) is 0. The maximum absolute atomic E-state index is 2.33. The van der Waals surface area contributed by atoms with E-state index in [0.29, 0.717) is 0 Å². The maximum atomic E-state index is 2.33. The average molecular weight is 579 g/mol. The van der Waals surface area contributed by atoms with E-state index < -0.39 is 0 Å². The van der Waals surface area contributed by atoms with Gasteiger partial charge in [-0.2, -0.15) is 11.1 Å². The van der Waals surface area contributed by atoms with Gasteiger partial charge in [-0.05, 0) is 12.8 Å². The first-order valence-electron chi connectivity index (χ1n) is 9.93. The molecule has 0 aromatic heterocycles. The van der Waals surface area contributed by atoms with E-state index in [9.17, 15) is 0 Å². The molecule has 0 unspecified atom stereocenters. The predicted molar refractivity (Wildman–Crippen MR) is 135 cm³/mol.